The SMILES string of the molecule is CCCCCCCCCCCCCC(=O)O[C@H]1O[C@H](CO)[C@@H](O)[C@H](O)[C@H]1O. The van der Waals surface area contributed by atoms with Gasteiger partial charge in [0, 0.05) is 6.42 Å². The molecule has 7 heteroatoms. The number of hydrogen-bond acceptors (Lipinski definition) is 7. The van der Waals surface area contributed by atoms with Gasteiger partial charge in [-0.15, -0.1) is 0 Å². The van der Waals surface area contributed by atoms with Crippen LogP contribution in [0.15, 0.2) is 0 Å². The number of unbranched alkanes of at least 4 members (excludes halogenated alkanes) is 10. The Hall–Kier alpha value is -0.730. The maximum Gasteiger partial charge on any atom is 0.308 e. The number of rotatable bonds is 14. The van der Waals surface area contributed by atoms with E-state index in [1.54, 1.807) is 0 Å². The molecule has 27 heavy (non-hydrogen) atoms. The maximum absolute atomic E-state index is 11.9. The second-order valence-electron chi connectivity index (χ2n) is 7.47. The molecule has 0 aromatic carbocycles. The van der Waals surface area contributed by atoms with Crippen molar-refractivity contribution in [1.29, 1.82) is 0 Å². The minimum absolute atomic E-state index is 0.214. The predicted octanol–water partition coefficient (Wildman–Crippen LogP) is 2.03. The normalized spacial score (nSPS) is 28.3. The van der Waals surface area contributed by atoms with Gasteiger partial charge in [-0.1, -0.05) is 71.1 Å². The van der Waals surface area contributed by atoms with Crippen LogP contribution in [-0.2, 0) is 14.3 Å². The van der Waals surface area contributed by atoms with Crippen molar-refractivity contribution in [3.63, 3.8) is 0 Å². The van der Waals surface area contributed by atoms with Crippen molar-refractivity contribution in [1.82, 2.24) is 0 Å². The van der Waals surface area contributed by atoms with Crippen LogP contribution in [0.5, 0.6) is 0 Å². The quantitative estimate of drug-likeness (QED) is 0.265. The summed E-state index contributed by atoms with van der Waals surface area (Å²) < 4.78 is 10.2. The van der Waals surface area contributed by atoms with Crippen LogP contribution in [-0.4, -0.2) is 63.7 Å². The van der Waals surface area contributed by atoms with Crippen molar-refractivity contribution in [3.8, 4) is 0 Å². The molecular weight excluding hydrogens is 352 g/mol. The van der Waals surface area contributed by atoms with Gasteiger partial charge in [-0.25, -0.2) is 0 Å². The lowest BCUT2D eigenvalue weighted by Crippen LogP contribution is -2.59. The van der Waals surface area contributed by atoms with Gasteiger partial charge in [0.1, 0.15) is 24.4 Å². The molecule has 0 aromatic rings. The first-order valence-corrected chi connectivity index (χ1v) is 10.5. The summed E-state index contributed by atoms with van der Waals surface area (Å²) in [6.45, 7) is 1.68. The van der Waals surface area contributed by atoms with Crippen molar-refractivity contribution >= 4 is 5.97 Å². The summed E-state index contributed by atoms with van der Waals surface area (Å²) in [5.41, 5.74) is 0. The molecule has 5 atom stereocenters. The molecule has 0 bridgehead atoms. The lowest BCUT2D eigenvalue weighted by molar-refractivity contribution is -0.292. The molecule has 1 heterocycles. The highest BCUT2D eigenvalue weighted by Gasteiger charge is 2.45. The van der Waals surface area contributed by atoms with E-state index < -0.39 is 43.3 Å². The highest BCUT2D eigenvalue weighted by molar-refractivity contribution is 5.69. The first kappa shape index (κ1) is 24.3. The van der Waals surface area contributed by atoms with Gasteiger partial charge in [-0.3, -0.25) is 4.79 Å². The van der Waals surface area contributed by atoms with E-state index in [1.165, 1.54) is 51.4 Å². The molecule has 160 valence electrons. The lowest BCUT2D eigenvalue weighted by Gasteiger charge is -2.39. The Bertz CT molecular complexity index is 389. The van der Waals surface area contributed by atoms with Crippen LogP contribution >= 0.6 is 0 Å². The van der Waals surface area contributed by atoms with Gasteiger partial charge < -0.3 is 29.9 Å². The molecule has 0 spiro atoms. The second kappa shape index (κ2) is 14.3. The molecule has 1 aliphatic rings. The number of carbonyl (C=O) groups is 1. The molecule has 0 aliphatic carbocycles. The smallest absolute Gasteiger partial charge is 0.308 e. The average molecular weight is 391 g/mol. The van der Waals surface area contributed by atoms with E-state index >= 15 is 0 Å². The topological polar surface area (TPSA) is 116 Å². The van der Waals surface area contributed by atoms with Crippen LogP contribution in [0.3, 0.4) is 0 Å². The molecule has 0 saturated carbocycles. The Labute approximate surface area is 162 Å². The van der Waals surface area contributed by atoms with Crippen LogP contribution in [0, 0.1) is 0 Å². The second-order valence-corrected chi connectivity index (χ2v) is 7.47. The van der Waals surface area contributed by atoms with E-state index in [9.17, 15) is 20.1 Å². The highest BCUT2D eigenvalue weighted by atomic mass is 16.7. The summed E-state index contributed by atoms with van der Waals surface area (Å²) in [5.74, 6) is -0.518. The van der Waals surface area contributed by atoms with E-state index in [2.05, 4.69) is 6.92 Å². The lowest BCUT2D eigenvalue weighted by atomic mass is 9.99. The van der Waals surface area contributed by atoms with Crippen molar-refractivity contribution in [2.45, 2.75) is 115 Å². The number of esters is 1. The number of carbonyl (C=O) groups excluding carboxylic acids is 1. The monoisotopic (exact) mass is 390 g/mol. The number of aliphatic hydroxyl groups is 4. The summed E-state index contributed by atoms with van der Waals surface area (Å²) in [4.78, 5) is 11.9. The Kier molecular flexibility index (Phi) is 12.9. The average Bonchev–Trinajstić information content (AvgIpc) is 2.66. The first-order chi connectivity index (χ1) is 13.0. The zero-order valence-electron chi connectivity index (χ0n) is 16.6. The number of hydrogen-bond donors (Lipinski definition) is 4. The molecule has 1 aliphatic heterocycles. The van der Waals surface area contributed by atoms with E-state index in [0.29, 0.717) is 6.42 Å². The Morgan fingerprint density at radius 3 is 1.85 bits per heavy atom. The molecule has 0 amide bonds. The van der Waals surface area contributed by atoms with Gasteiger partial charge in [0.05, 0.1) is 6.61 Å². The standard InChI is InChI=1S/C20H38O7/c1-2-3-4-5-6-7-8-9-10-11-12-13-16(22)27-20-19(25)18(24)17(23)15(14-21)26-20/h15,17-21,23-25H,2-14H2,1H3/t15-,17-,18+,19-,20-/m1/s1. The zero-order chi connectivity index (χ0) is 20.1. The molecular formula is C20H38O7. The third-order valence-corrected chi connectivity index (χ3v) is 5.08. The van der Waals surface area contributed by atoms with Crippen LogP contribution in [0.1, 0.15) is 84.0 Å². The molecule has 1 saturated heterocycles. The van der Waals surface area contributed by atoms with E-state index in [0.717, 1.165) is 12.8 Å². The van der Waals surface area contributed by atoms with Crippen molar-refractivity contribution in [3.05, 3.63) is 0 Å². The van der Waals surface area contributed by atoms with Gasteiger partial charge in [0.15, 0.2) is 0 Å². The molecule has 0 aromatic heterocycles. The Morgan fingerprint density at radius 2 is 1.33 bits per heavy atom. The van der Waals surface area contributed by atoms with Crippen molar-refractivity contribution in [2.75, 3.05) is 6.61 Å². The highest BCUT2D eigenvalue weighted by Crippen LogP contribution is 2.22. The summed E-state index contributed by atoms with van der Waals surface area (Å²) >= 11 is 0. The minimum atomic E-state index is -1.54. The molecule has 0 unspecified atom stereocenters. The summed E-state index contributed by atoms with van der Waals surface area (Å²) in [7, 11) is 0. The number of ether oxygens (including phenoxy) is 2. The van der Waals surface area contributed by atoms with Crippen LogP contribution in [0.2, 0.25) is 0 Å². The molecule has 0 radical (unpaired) electrons. The van der Waals surface area contributed by atoms with Crippen molar-refractivity contribution < 1.29 is 34.7 Å². The summed E-state index contributed by atoms with van der Waals surface area (Å²) in [6, 6.07) is 0. The van der Waals surface area contributed by atoms with Gasteiger partial charge in [-0.05, 0) is 6.42 Å². The van der Waals surface area contributed by atoms with Crippen LogP contribution < -0.4 is 0 Å². The van der Waals surface area contributed by atoms with E-state index in [4.69, 9.17) is 14.6 Å². The third-order valence-electron chi connectivity index (χ3n) is 5.08. The fourth-order valence-corrected chi connectivity index (χ4v) is 3.29. The summed E-state index contributed by atoms with van der Waals surface area (Å²) in [6.07, 6.45) is 6.27. The molecule has 4 N–H and O–H groups in total. The molecule has 7 nitrogen and oxygen atoms in total. The maximum atomic E-state index is 11.9. The van der Waals surface area contributed by atoms with E-state index in [1.807, 2.05) is 0 Å². The van der Waals surface area contributed by atoms with Crippen LogP contribution in [0.4, 0.5) is 0 Å². The van der Waals surface area contributed by atoms with Crippen molar-refractivity contribution in [2.24, 2.45) is 0 Å². The van der Waals surface area contributed by atoms with Crippen LogP contribution in [0.25, 0.3) is 0 Å². The molecule has 1 fully saturated rings. The fraction of sp³-hybridized carbons (Fsp3) is 0.950. The van der Waals surface area contributed by atoms with Gasteiger partial charge in [0.2, 0.25) is 6.29 Å². The molecule has 1 rings (SSSR count). The first-order valence-electron chi connectivity index (χ1n) is 10.5. The Balaban J connectivity index is 2.07. The number of aliphatic hydroxyl groups excluding tert-OH is 4. The largest absolute Gasteiger partial charge is 0.433 e. The minimum Gasteiger partial charge on any atom is -0.433 e. The predicted molar refractivity (Wildman–Crippen MR) is 101 cm³/mol. The zero-order valence-corrected chi connectivity index (χ0v) is 16.6. The third kappa shape index (κ3) is 9.34. The fourth-order valence-electron chi connectivity index (χ4n) is 3.29. The van der Waals surface area contributed by atoms with Gasteiger partial charge >= 0.3 is 5.97 Å². The summed E-state index contributed by atoms with van der Waals surface area (Å²) in [5, 5.41) is 38.3. The van der Waals surface area contributed by atoms with Gasteiger partial charge in [0.25, 0.3) is 0 Å². The Morgan fingerprint density at radius 1 is 0.815 bits per heavy atom. The van der Waals surface area contributed by atoms with Gasteiger partial charge in [-0.2, -0.15) is 0 Å². The van der Waals surface area contributed by atoms with E-state index in [-0.39, 0.29) is 6.42 Å².